The molecule has 0 unspecified atom stereocenters. The van der Waals surface area contributed by atoms with Crippen molar-refractivity contribution in [3.63, 3.8) is 0 Å². The van der Waals surface area contributed by atoms with Crippen LogP contribution in [0.2, 0.25) is 0 Å². The standard InChI is InChI=1S/C21H20N4OS/c1-15-10-16(2)12-18(11-15)25(9-5-8-22)20(26)14-27-21-19-7-4-3-6-17(19)13-23-24-21/h3-4,6-7,10-13H,5,9,14H2,1-2H3. The van der Waals surface area contributed by atoms with Crippen molar-refractivity contribution in [2.45, 2.75) is 25.3 Å². The molecule has 1 amide bonds. The van der Waals surface area contributed by atoms with Gasteiger partial charge in [0.05, 0.1) is 24.4 Å². The second-order valence-corrected chi connectivity index (χ2v) is 7.29. The van der Waals surface area contributed by atoms with Gasteiger partial charge in [0.1, 0.15) is 5.03 Å². The molecule has 0 aliphatic carbocycles. The third-order valence-corrected chi connectivity index (χ3v) is 5.10. The Kier molecular flexibility index (Phi) is 6.05. The summed E-state index contributed by atoms with van der Waals surface area (Å²) < 4.78 is 0. The maximum Gasteiger partial charge on any atom is 0.237 e. The van der Waals surface area contributed by atoms with Crippen LogP contribution in [0.3, 0.4) is 0 Å². The van der Waals surface area contributed by atoms with E-state index in [1.165, 1.54) is 11.8 Å². The molecule has 1 heterocycles. The number of benzene rings is 2. The summed E-state index contributed by atoms with van der Waals surface area (Å²) in [6.45, 7) is 4.38. The van der Waals surface area contributed by atoms with Crippen LogP contribution in [0.15, 0.2) is 53.7 Å². The van der Waals surface area contributed by atoms with E-state index in [2.05, 4.69) is 22.3 Å². The highest BCUT2D eigenvalue weighted by Gasteiger charge is 2.17. The molecule has 6 heteroatoms. The van der Waals surface area contributed by atoms with Crippen LogP contribution in [0.1, 0.15) is 17.5 Å². The third kappa shape index (κ3) is 4.63. The maximum atomic E-state index is 12.9. The van der Waals surface area contributed by atoms with E-state index in [4.69, 9.17) is 5.26 Å². The van der Waals surface area contributed by atoms with Crippen LogP contribution in [0.25, 0.3) is 10.8 Å². The number of carbonyl (C=O) groups is 1. The number of aromatic nitrogens is 2. The van der Waals surface area contributed by atoms with Crippen molar-refractivity contribution >= 4 is 34.1 Å². The van der Waals surface area contributed by atoms with Gasteiger partial charge in [-0.25, -0.2) is 0 Å². The SMILES string of the molecule is Cc1cc(C)cc(N(CCC#N)C(=O)CSc2nncc3ccccc23)c1. The Morgan fingerprint density at radius 2 is 1.93 bits per heavy atom. The lowest BCUT2D eigenvalue weighted by Gasteiger charge is -2.22. The van der Waals surface area contributed by atoms with E-state index >= 15 is 0 Å². The maximum absolute atomic E-state index is 12.9. The second-order valence-electron chi connectivity index (χ2n) is 6.33. The first kappa shape index (κ1) is 18.9. The molecule has 0 spiro atoms. The second kappa shape index (κ2) is 8.65. The van der Waals surface area contributed by atoms with E-state index in [9.17, 15) is 4.79 Å². The van der Waals surface area contributed by atoms with Crippen LogP contribution in [-0.2, 0) is 4.79 Å². The molecule has 0 atom stereocenters. The summed E-state index contributed by atoms with van der Waals surface area (Å²) in [5, 5.41) is 19.9. The van der Waals surface area contributed by atoms with Gasteiger partial charge in [0.15, 0.2) is 0 Å². The first-order valence-electron chi connectivity index (χ1n) is 8.67. The van der Waals surface area contributed by atoms with Gasteiger partial charge in [0.25, 0.3) is 0 Å². The monoisotopic (exact) mass is 376 g/mol. The number of thioether (sulfide) groups is 1. The molecule has 0 aliphatic rings. The molecule has 2 aromatic carbocycles. The molecular weight excluding hydrogens is 356 g/mol. The molecule has 0 fully saturated rings. The Labute approximate surface area is 163 Å². The Hall–Kier alpha value is -2.91. The molecule has 3 aromatic rings. The fourth-order valence-corrected chi connectivity index (χ4v) is 3.84. The Morgan fingerprint density at radius 3 is 2.67 bits per heavy atom. The quantitative estimate of drug-likeness (QED) is 0.600. The van der Waals surface area contributed by atoms with Gasteiger partial charge in [-0.15, -0.1) is 5.10 Å². The number of nitriles is 1. The zero-order valence-electron chi connectivity index (χ0n) is 15.3. The number of aryl methyl sites for hydroxylation is 2. The molecular formula is C21H20N4OS. The van der Waals surface area contributed by atoms with Crippen molar-refractivity contribution in [3.05, 3.63) is 59.8 Å². The van der Waals surface area contributed by atoms with Crippen LogP contribution in [0.4, 0.5) is 5.69 Å². The van der Waals surface area contributed by atoms with E-state index < -0.39 is 0 Å². The fraction of sp³-hybridized carbons (Fsp3) is 0.238. The molecule has 0 saturated heterocycles. The minimum Gasteiger partial charge on any atom is -0.311 e. The largest absolute Gasteiger partial charge is 0.311 e. The van der Waals surface area contributed by atoms with Crippen molar-refractivity contribution in [1.29, 1.82) is 5.26 Å². The first-order valence-corrected chi connectivity index (χ1v) is 9.66. The number of carbonyl (C=O) groups excluding carboxylic acids is 1. The molecule has 3 rings (SSSR count). The number of amides is 1. The lowest BCUT2D eigenvalue weighted by atomic mass is 10.1. The van der Waals surface area contributed by atoms with E-state index in [-0.39, 0.29) is 18.1 Å². The summed E-state index contributed by atoms with van der Waals surface area (Å²) in [6, 6.07) is 16.0. The molecule has 0 aliphatic heterocycles. The summed E-state index contributed by atoms with van der Waals surface area (Å²) in [5.41, 5.74) is 3.01. The van der Waals surface area contributed by atoms with Crippen LogP contribution in [0, 0.1) is 25.2 Å². The van der Waals surface area contributed by atoms with Crippen LogP contribution in [0.5, 0.6) is 0 Å². The summed E-state index contributed by atoms with van der Waals surface area (Å²) >= 11 is 1.38. The smallest absolute Gasteiger partial charge is 0.237 e. The predicted molar refractivity (Wildman–Crippen MR) is 109 cm³/mol. The van der Waals surface area contributed by atoms with Gasteiger partial charge in [0, 0.05) is 23.0 Å². The van der Waals surface area contributed by atoms with Gasteiger partial charge >= 0.3 is 0 Å². The number of rotatable bonds is 6. The van der Waals surface area contributed by atoms with Gasteiger partial charge in [-0.1, -0.05) is 42.1 Å². The van der Waals surface area contributed by atoms with Crippen molar-refractivity contribution in [1.82, 2.24) is 10.2 Å². The minimum absolute atomic E-state index is 0.0463. The van der Waals surface area contributed by atoms with Crippen molar-refractivity contribution in [2.24, 2.45) is 0 Å². The Bertz CT molecular complexity index is 987. The van der Waals surface area contributed by atoms with Crippen molar-refractivity contribution in [2.75, 3.05) is 17.2 Å². The summed E-state index contributed by atoms with van der Waals surface area (Å²) in [6.07, 6.45) is 2.01. The van der Waals surface area contributed by atoms with Crippen molar-refractivity contribution in [3.8, 4) is 6.07 Å². The van der Waals surface area contributed by atoms with Crippen LogP contribution < -0.4 is 4.90 Å². The molecule has 0 bridgehead atoms. The van der Waals surface area contributed by atoms with Gasteiger partial charge in [-0.2, -0.15) is 10.4 Å². The highest BCUT2D eigenvalue weighted by atomic mass is 32.2. The minimum atomic E-state index is -0.0463. The lowest BCUT2D eigenvalue weighted by molar-refractivity contribution is -0.116. The Balaban J connectivity index is 1.81. The fourth-order valence-electron chi connectivity index (χ4n) is 2.98. The van der Waals surface area contributed by atoms with Crippen LogP contribution >= 0.6 is 11.8 Å². The van der Waals surface area contributed by atoms with Gasteiger partial charge < -0.3 is 4.90 Å². The van der Waals surface area contributed by atoms with Gasteiger partial charge in [-0.3, -0.25) is 4.79 Å². The molecule has 0 N–H and O–H groups in total. The van der Waals surface area contributed by atoms with E-state index in [0.29, 0.717) is 6.54 Å². The summed E-state index contributed by atoms with van der Waals surface area (Å²) in [4.78, 5) is 14.6. The number of nitrogens with zero attached hydrogens (tertiary/aromatic N) is 4. The highest BCUT2D eigenvalue weighted by molar-refractivity contribution is 8.00. The summed E-state index contributed by atoms with van der Waals surface area (Å²) in [5.74, 6) is 0.191. The Morgan fingerprint density at radius 1 is 1.19 bits per heavy atom. The van der Waals surface area contributed by atoms with Gasteiger partial charge in [-0.05, 0) is 37.1 Å². The zero-order valence-corrected chi connectivity index (χ0v) is 16.2. The molecule has 1 aromatic heterocycles. The zero-order chi connectivity index (χ0) is 19.2. The van der Waals surface area contributed by atoms with Gasteiger partial charge in [0.2, 0.25) is 5.91 Å². The van der Waals surface area contributed by atoms with E-state index in [0.717, 1.165) is 32.6 Å². The average molecular weight is 376 g/mol. The topological polar surface area (TPSA) is 69.9 Å². The third-order valence-electron chi connectivity index (χ3n) is 4.14. The average Bonchev–Trinajstić information content (AvgIpc) is 2.66. The lowest BCUT2D eigenvalue weighted by Crippen LogP contribution is -2.33. The number of hydrogen-bond donors (Lipinski definition) is 0. The first-order chi connectivity index (χ1) is 13.1. The van der Waals surface area contributed by atoms with Crippen molar-refractivity contribution < 1.29 is 4.79 Å². The van der Waals surface area contributed by atoms with E-state index in [1.54, 1.807) is 11.1 Å². The van der Waals surface area contributed by atoms with Crippen LogP contribution in [-0.4, -0.2) is 28.4 Å². The van der Waals surface area contributed by atoms with E-state index in [1.807, 2.05) is 50.2 Å². The molecule has 5 nitrogen and oxygen atoms in total. The molecule has 136 valence electrons. The summed E-state index contributed by atoms with van der Waals surface area (Å²) in [7, 11) is 0. The normalized spacial score (nSPS) is 10.6. The molecule has 27 heavy (non-hydrogen) atoms. The molecule has 0 radical (unpaired) electrons. The number of fused-ring (bicyclic) bond motifs is 1. The highest BCUT2D eigenvalue weighted by Crippen LogP contribution is 2.26. The predicted octanol–water partition coefficient (Wildman–Crippen LogP) is 4.29. The number of hydrogen-bond acceptors (Lipinski definition) is 5. The molecule has 0 saturated carbocycles. The number of anilines is 1.